The first kappa shape index (κ1) is 19.9. The fraction of sp³-hybridized carbons (Fsp3) is 0.562. The number of amides is 1. The van der Waals surface area contributed by atoms with Crippen molar-refractivity contribution in [1.82, 2.24) is 4.90 Å². The molecule has 1 atom stereocenters. The van der Waals surface area contributed by atoms with Gasteiger partial charge in [-0.3, -0.25) is 4.79 Å². The summed E-state index contributed by atoms with van der Waals surface area (Å²) in [5, 5.41) is 0. The first-order chi connectivity index (χ1) is 10.3. The zero-order valence-electron chi connectivity index (χ0n) is 13.6. The van der Waals surface area contributed by atoms with Crippen molar-refractivity contribution in [2.75, 3.05) is 19.3 Å². The molecule has 2 rings (SSSR count). The Morgan fingerprint density at radius 1 is 1.30 bits per heavy atom. The van der Waals surface area contributed by atoms with Gasteiger partial charge in [0, 0.05) is 26.1 Å². The number of carbonyl (C=O) groups excluding carboxylic acids is 1. The van der Waals surface area contributed by atoms with Gasteiger partial charge in [0.15, 0.2) is 9.84 Å². The number of halogens is 1. The van der Waals surface area contributed by atoms with Crippen molar-refractivity contribution in [3.63, 3.8) is 0 Å². The van der Waals surface area contributed by atoms with E-state index in [4.69, 9.17) is 5.73 Å². The van der Waals surface area contributed by atoms with Gasteiger partial charge in [0.05, 0.1) is 10.6 Å². The zero-order chi connectivity index (χ0) is 16.3. The molecule has 0 saturated carbocycles. The molecule has 5 nitrogen and oxygen atoms in total. The minimum absolute atomic E-state index is 0. The molecule has 0 saturated heterocycles. The molecule has 1 aliphatic rings. The van der Waals surface area contributed by atoms with Crippen LogP contribution in [0.15, 0.2) is 23.1 Å². The second-order valence-electron chi connectivity index (χ2n) is 5.94. The molecule has 0 bridgehead atoms. The maximum absolute atomic E-state index is 12.4. The van der Waals surface area contributed by atoms with Gasteiger partial charge in [0.25, 0.3) is 0 Å². The van der Waals surface area contributed by atoms with Crippen LogP contribution in [-0.2, 0) is 27.5 Å². The Kier molecular flexibility index (Phi) is 7.04. The van der Waals surface area contributed by atoms with Crippen molar-refractivity contribution in [3.05, 3.63) is 29.3 Å². The standard InChI is InChI=1S/C16H24N2O3S.ClH/c1-12(11-17)18(2)16(19)8-9-22(20,21)15-7-6-13-4-3-5-14(13)10-15;/h6-7,10,12H,3-5,8-9,11,17H2,1-2H3;1H. The first-order valence-corrected chi connectivity index (χ1v) is 9.30. The van der Waals surface area contributed by atoms with E-state index in [2.05, 4.69) is 0 Å². The van der Waals surface area contributed by atoms with E-state index in [0.717, 1.165) is 24.8 Å². The summed E-state index contributed by atoms with van der Waals surface area (Å²) in [7, 11) is -1.77. The Bertz CT molecular complexity index is 661. The number of benzene rings is 1. The maximum Gasteiger partial charge on any atom is 0.223 e. The Morgan fingerprint density at radius 2 is 1.96 bits per heavy atom. The third-order valence-corrected chi connectivity index (χ3v) is 6.12. The number of hydrogen-bond acceptors (Lipinski definition) is 4. The molecule has 0 aliphatic heterocycles. The predicted molar refractivity (Wildman–Crippen MR) is 93.7 cm³/mol. The number of fused-ring (bicyclic) bond motifs is 1. The van der Waals surface area contributed by atoms with Crippen molar-refractivity contribution in [2.45, 2.75) is 43.5 Å². The Morgan fingerprint density at radius 3 is 2.61 bits per heavy atom. The van der Waals surface area contributed by atoms with E-state index in [1.54, 1.807) is 19.2 Å². The summed E-state index contributed by atoms with van der Waals surface area (Å²) in [5.74, 6) is -0.352. The van der Waals surface area contributed by atoms with Gasteiger partial charge in [0.2, 0.25) is 5.91 Å². The molecule has 0 heterocycles. The highest BCUT2D eigenvalue weighted by Crippen LogP contribution is 2.25. The lowest BCUT2D eigenvalue weighted by Crippen LogP contribution is -2.40. The number of nitrogens with two attached hydrogens (primary N) is 1. The molecule has 1 unspecified atom stereocenters. The highest BCUT2D eigenvalue weighted by atomic mass is 35.5. The van der Waals surface area contributed by atoms with Gasteiger partial charge in [-0.15, -0.1) is 12.4 Å². The summed E-state index contributed by atoms with van der Waals surface area (Å²) in [6.45, 7) is 2.20. The largest absolute Gasteiger partial charge is 0.342 e. The highest BCUT2D eigenvalue weighted by Gasteiger charge is 2.22. The van der Waals surface area contributed by atoms with Crippen molar-refractivity contribution in [2.24, 2.45) is 5.73 Å². The van der Waals surface area contributed by atoms with Gasteiger partial charge < -0.3 is 10.6 Å². The summed E-state index contributed by atoms with van der Waals surface area (Å²) in [4.78, 5) is 13.9. The molecule has 1 aromatic carbocycles. The van der Waals surface area contributed by atoms with Crippen molar-refractivity contribution >= 4 is 28.2 Å². The van der Waals surface area contributed by atoms with E-state index in [-0.39, 0.29) is 36.5 Å². The average Bonchev–Trinajstić information content (AvgIpc) is 2.98. The molecule has 0 radical (unpaired) electrons. The van der Waals surface area contributed by atoms with Crippen LogP contribution >= 0.6 is 12.4 Å². The van der Waals surface area contributed by atoms with Gasteiger partial charge in [-0.1, -0.05) is 6.07 Å². The Hall–Kier alpha value is -1.11. The van der Waals surface area contributed by atoms with Crippen LogP contribution in [0, 0.1) is 0 Å². The average molecular weight is 361 g/mol. The lowest BCUT2D eigenvalue weighted by atomic mass is 10.1. The smallest absolute Gasteiger partial charge is 0.223 e. The molecule has 130 valence electrons. The molecule has 1 amide bonds. The summed E-state index contributed by atoms with van der Waals surface area (Å²) in [6, 6.07) is 5.25. The van der Waals surface area contributed by atoms with Crippen molar-refractivity contribution < 1.29 is 13.2 Å². The summed E-state index contributed by atoms with van der Waals surface area (Å²) < 4.78 is 24.8. The molecule has 1 aliphatic carbocycles. The lowest BCUT2D eigenvalue weighted by molar-refractivity contribution is -0.131. The predicted octanol–water partition coefficient (Wildman–Crippen LogP) is 1.57. The van der Waals surface area contributed by atoms with Gasteiger partial charge in [-0.2, -0.15) is 0 Å². The normalized spacial score (nSPS) is 14.7. The third-order valence-electron chi connectivity index (χ3n) is 4.41. The van der Waals surface area contributed by atoms with Gasteiger partial charge in [0.1, 0.15) is 0 Å². The maximum atomic E-state index is 12.4. The molecule has 0 spiro atoms. The summed E-state index contributed by atoms with van der Waals surface area (Å²) >= 11 is 0. The van der Waals surface area contributed by atoms with Crippen LogP contribution in [0.4, 0.5) is 0 Å². The van der Waals surface area contributed by atoms with Crippen LogP contribution in [0.1, 0.15) is 30.9 Å². The number of hydrogen-bond donors (Lipinski definition) is 1. The monoisotopic (exact) mass is 360 g/mol. The van der Waals surface area contributed by atoms with Crippen molar-refractivity contribution in [3.8, 4) is 0 Å². The number of rotatable bonds is 6. The van der Waals surface area contributed by atoms with Crippen LogP contribution in [0.5, 0.6) is 0 Å². The minimum atomic E-state index is -3.42. The fourth-order valence-corrected chi connectivity index (χ4v) is 3.94. The van der Waals surface area contributed by atoms with E-state index in [1.807, 2.05) is 13.0 Å². The number of likely N-dealkylation sites (N-methyl/N-ethyl adjacent to an activating group) is 1. The molecule has 23 heavy (non-hydrogen) atoms. The first-order valence-electron chi connectivity index (χ1n) is 7.65. The lowest BCUT2D eigenvalue weighted by Gasteiger charge is -2.23. The second kappa shape index (κ2) is 8.13. The quantitative estimate of drug-likeness (QED) is 0.834. The van der Waals surface area contributed by atoms with Crippen LogP contribution in [0.25, 0.3) is 0 Å². The van der Waals surface area contributed by atoms with E-state index in [1.165, 1.54) is 10.5 Å². The zero-order valence-corrected chi connectivity index (χ0v) is 15.3. The van der Waals surface area contributed by atoms with Crippen LogP contribution < -0.4 is 5.73 Å². The van der Waals surface area contributed by atoms with Gasteiger partial charge in [-0.25, -0.2) is 8.42 Å². The van der Waals surface area contributed by atoms with Crippen molar-refractivity contribution in [1.29, 1.82) is 0 Å². The second-order valence-corrected chi connectivity index (χ2v) is 8.05. The van der Waals surface area contributed by atoms with Crippen LogP contribution in [0.3, 0.4) is 0 Å². The van der Waals surface area contributed by atoms with Gasteiger partial charge in [-0.05, 0) is 49.4 Å². The molecule has 0 fully saturated rings. The van der Waals surface area contributed by atoms with Gasteiger partial charge >= 0.3 is 0 Å². The molecular formula is C16H25ClN2O3S. The van der Waals surface area contributed by atoms with E-state index in [0.29, 0.717) is 11.4 Å². The van der Waals surface area contributed by atoms with E-state index in [9.17, 15) is 13.2 Å². The number of sulfone groups is 1. The molecule has 0 aromatic heterocycles. The Labute approximate surface area is 144 Å². The SMILES string of the molecule is CC(CN)N(C)C(=O)CCS(=O)(=O)c1ccc2c(c1)CCC2.Cl. The van der Waals surface area contributed by atoms with E-state index >= 15 is 0 Å². The van der Waals surface area contributed by atoms with Crippen LogP contribution in [0.2, 0.25) is 0 Å². The van der Waals surface area contributed by atoms with Crippen LogP contribution in [-0.4, -0.2) is 44.6 Å². The Balaban J connectivity index is 0.00000264. The summed E-state index contributed by atoms with van der Waals surface area (Å²) in [5.41, 5.74) is 7.89. The number of aryl methyl sites for hydroxylation is 2. The molecule has 1 aromatic rings. The summed E-state index contributed by atoms with van der Waals surface area (Å²) in [6.07, 6.45) is 3.03. The van der Waals surface area contributed by atoms with E-state index < -0.39 is 9.84 Å². The molecule has 2 N–H and O–H groups in total. The third kappa shape index (κ3) is 4.68. The highest BCUT2D eigenvalue weighted by molar-refractivity contribution is 7.91. The molecular weight excluding hydrogens is 336 g/mol. The fourth-order valence-electron chi connectivity index (χ4n) is 2.66. The number of carbonyl (C=O) groups is 1. The topological polar surface area (TPSA) is 80.5 Å². The molecule has 7 heteroatoms. The number of nitrogens with zero attached hydrogens (tertiary/aromatic N) is 1. The minimum Gasteiger partial charge on any atom is -0.342 e.